The van der Waals surface area contributed by atoms with Crippen molar-refractivity contribution in [2.24, 2.45) is 0 Å². The molecule has 0 radical (unpaired) electrons. The van der Waals surface area contributed by atoms with Gasteiger partial charge < -0.3 is 4.52 Å². The van der Waals surface area contributed by atoms with Gasteiger partial charge in [0.25, 0.3) is 0 Å². The van der Waals surface area contributed by atoms with Crippen LogP contribution in [0, 0.1) is 12.7 Å². The van der Waals surface area contributed by atoms with Gasteiger partial charge in [-0.25, -0.2) is 4.39 Å². The molecule has 2 rings (SSSR count). The van der Waals surface area contributed by atoms with Crippen molar-refractivity contribution in [1.29, 1.82) is 0 Å². The third kappa shape index (κ3) is 1.55. The summed E-state index contributed by atoms with van der Waals surface area (Å²) < 4.78 is 18.2. The quantitative estimate of drug-likeness (QED) is 0.788. The summed E-state index contributed by atoms with van der Waals surface area (Å²) in [5.41, 5.74) is 1.51. The molecule has 1 aromatic heterocycles. The van der Waals surface area contributed by atoms with E-state index < -0.39 is 0 Å². The lowest BCUT2D eigenvalue weighted by molar-refractivity contribution is 0.418. The zero-order valence-electron chi connectivity index (χ0n) is 7.29. The van der Waals surface area contributed by atoms with E-state index in [1.807, 2.05) is 0 Å². The molecule has 2 aromatic rings. The average Bonchev–Trinajstić information content (AvgIpc) is 2.54. The highest BCUT2D eigenvalue weighted by atomic mass is 79.9. The first-order valence-corrected chi connectivity index (χ1v) is 4.70. The SMILES string of the molecule is Cc1cc(F)cc(Br)c1-c1ncon1. The molecule has 1 heterocycles. The summed E-state index contributed by atoms with van der Waals surface area (Å²) >= 11 is 3.26. The van der Waals surface area contributed by atoms with Gasteiger partial charge in [-0.3, -0.25) is 0 Å². The van der Waals surface area contributed by atoms with E-state index in [9.17, 15) is 4.39 Å². The van der Waals surface area contributed by atoms with Crippen molar-refractivity contribution in [3.63, 3.8) is 0 Å². The molecule has 0 atom stereocenters. The van der Waals surface area contributed by atoms with Crippen LogP contribution in [0.1, 0.15) is 5.56 Å². The van der Waals surface area contributed by atoms with Crippen LogP contribution < -0.4 is 0 Å². The molecule has 0 fully saturated rings. The van der Waals surface area contributed by atoms with Gasteiger partial charge in [0.1, 0.15) is 5.82 Å². The van der Waals surface area contributed by atoms with Crippen molar-refractivity contribution in [2.75, 3.05) is 0 Å². The van der Waals surface area contributed by atoms with Crippen molar-refractivity contribution in [1.82, 2.24) is 10.1 Å². The molecule has 0 N–H and O–H groups in total. The molecule has 0 saturated carbocycles. The summed E-state index contributed by atoms with van der Waals surface area (Å²) in [6.45, 7) is 1.79. The van der Waals surface area contributed by atoms with E-state index >= 15 is 0 Å². The van der Waals surface area contributed by atoms with E-state index in [4.69, 9.17) is 0 Å². The fraction of sp³-hybridized carbons (Fsp3) is 0.111. The minimum atomic E-state index is -0.290. The van der Waals surface area contributed by atoms with Crippen LogP contribution in [0.3, 0.4) is 0 Å². The minimum Gasteiger partial charge on any atom is -0.342 e. The first kappa shape index (κ1) is 9.33. The fourth-order valence-electron chi connectivity index (χ4n) is 1.27. The largest absolute Gasteiger partial charge is 0.342 e. The predicted octanol–water partition coefficient (Wildman–Crippen LogP) is 2.95. The van der Waals surface area contributed by atoms with Crippen molar-refractivity contribution in [3.05, 3.63) is 34.4 Å². The number of hydrogen-bond acceptors (Lipinski definition) is 3. The normalized spacial score (nSPS) is 10.5. The van der Waals surface area contributed by atoms with Crippen LogP contribution in [-0.2, 0) is 0 Å². The van der Waals surface area contributed by atoms with Gasteiger partial charge in [0.05, 0.1) is 0 Å². The number of halogens is 2. The summed E-state index contributed by atoms with van der Waals surface area (Å²) in [7, 11) is 0. The van der Waals surface area contributed by atoms with Crippen molar-refractivity contribution >= 4 is 15.9 Å². The lowest BCUT2D eigenvalue weighted by atomic mass is 10.1. The van der Waals surface area contributed by atoms with Gasteiger partial charge in [-0.2, -0.15) is 4.98 Å². The van der Waals surface area contributed by atoms with Crippen LogP contribution in [0.25, 0.3) is 11.4 Å². The van der Waals surface area contributed by atoms with Crippen molar-refractivity contribution < 1.29 is 8.91 Å². The Bertz CT molecular complexity index is 433. The van der Waals surface area contributed by atoms with E-state index in [0.29, 0.717) is 10.3 Å². The molecule has 72 valence electrons. The third-order valence-corrected chi connectivity index (χ3v) is 2.46. The Morgan fingerprint density at radius 2 is 2.21 bits per heavy atom. The highest BCUT2D eigenvalue weighted by Gasteiger charge is 2.12. The van der Waals surface area contributed by atoms with Gasteiger partial charge in [0, 0.05) is 10.0 Å². The highest BCUT2D eigenvalue weighted by Crippen LogP contribution is 2.29. The molecule has 0 unspecified atom stereocenters. The zero-order chi connectivity index (χ0) is 10.1. The number of hydrogen-bond donors (Lipinski definition) is 0. The fourth-order valence-corrected chi connectivity index (χ4v) is 1.97. The van der Waals surface area contributed by atoms with E-state index in [0.717, 1.165) is 11.1 Å². The van der Waals surface area contributed by atoms with Crippen LogP contribution in [0.15, 0.2) is 27.5 Å². The minimum absolute atomic E-state index is 0.290. The van der Waals surface area contributed by atoms with Crippen LogP contribution in [0.5, 0.6) is 0 Å². The smallest absolute Gasteiger partial charge is 0.214 e. The molecular formula is C9H6BrFN2O. The average molecular weight is 257 g/mol. The number of aromatic nitrogens is 2. The first-order chi connectivity index (χ1) is 6.68. The summed E-state index contributed by atoms with van der Waals surface area (Å²) in [5.74, 6) is 0.163. The highest BCUT2D eigenvalue weighted by molar-refractivity contribution is 9.10. The van der Waals surface area contributed by atoms with Gasteiger partial charge in [-0.15, -0.1) is 0 Å². The molecule has 0 aliphatic carbocycles. The second-order valence-electron chi connectivity index (χ2n) is 2.83. The van der Waals surface area contributed by atoms with Crippen molar-refractivity contribution in [3.8, 4) is 11.4 Å². The maximum Gasteiger partial charge on any atom is 0.214 e. The van der Waals surface area contributed by atoms with E-state index in [2.05, 4.69) is 30.6 Å². The van der Waals surface area contributed by atoms with Gasteiger partial charge in [0.15, 0.2) is 0 Å². The number of nitrogens with zero attached hydrogens (tertiary/aromatic N) is 2. The predicted molar refractivity (Wildman–Crippen MR) is 52.1 cm³/mol. The Labute approximate surface area is 88.1 Å². The molecular weight excluding hydrogens is 251 g/mol. The van der Waals surface area contributed by atoms with Crippen LogP contribution in [-0.4, -0.2) is 10.1 Å². The number of rotatable bonds is 1. The molecule has 0 aliphatic rings. The number of benzene rings is 1. The lowest BCUT2D eigenvalue weighted by Gasteiger charge is -2.03. The second-order valence-corrected chi connectivity index (χ2v) is 3.69. The summed E-state index contributed by atoms with van der Waals surface area (Å²) in [6.07, 6.45) is 1.24. The molecule has 5 heteroatoms. The Balaban J connectivity index is 2.64. The van der Waals surface area contributed by atoms with Gasteiger partial charge in [0.2, 0.25) is 12.2 Å². The van der Waals surface area contributed by atoms with Crippen LogP contribution >= 0.6 is 15.9 Å². The molecule has 14 heavy (non-hydrogen) atoms. The third-order valence-electron chi connectivity index (χ3n) is 1.84. The molecule has 3 nitrogen and oxygen atoms in total. The summed E-state index contributed by atoms with van der Waals surface area (Å²) in [4.78, 5) is 3.91. The van der Waals surface area contributed by atoms with E-state index in [1.165, 1.54) is 18.5 Å². The van der Waals surface area contributed by atoms with Gasteiger partial charge in [-0.05, 0) is 40.5 Å². The standard InChI is InChI=1S/C9H6BrFN2O/c1-5-2-6(11)3-7(10)8(5)9-12-4-14-13-9/h2-4H,1H3. The van der Waals surface area contributed by atoms with Crippen LogP contribution in [0.4, 0.5) is 4.39 Å². The molecule has 0 saturated heterocycles. The van der Waals surface area contributed by atoms with Gasteiger partial charge in [-0.1, -0.05) is 5.16 Å². The Kier molecular flexibility index (Phi) is 2.33. The second kappa shape index (κ2) is 3.49. The first-order valence-electron chi connectivity index (χ1n) is 3.91. The Hall–Kier alpha value is -1.23. The maximum absolute atomic E-state index is 13.0. The molecule has 1 aromatic carbocycles. The number of aryl methyl sites for hydroxylation is 1. The molecule has 0 spiro atoms. The maximum atomic E-state index is 13.0. The summed E-state index contributed by atoms with van der Waals surface area (Å²) in [6, 6.07) is 2.80. The zero-order valence-corrected chi connectivity index (χ0v) is 8.88. The Morgan fingerprint density at radius 1 is 1.43 bits per heavy atom. The monoisotopic (exact) mass is 256 g/mol. The summed E-state index contributed by atoms with van der Waals surface area (Å²) in [5, 5.41) is 3.70. The van der Waals surface area contributed by atoms with E-state index in [-0.39, 0.29) is 5.82 Å². The lowest BCUT2D eigenvalue weighted by Crippen LogP contribution is -1.89. The van der Waals surface area contributed by atoms with Gasteiger partial charge >= 0.3 is 0 Å². The topological polar surface area (TPSA) is 38.9 Å². The van der Waals surface area contributed by atoms with Crippen LogP contribution in [0.2, 0.25) is 0 Å². The molecule has 0 amide bonds. The van der Waals surface area contributed by atoms with Crippen molar-refractivity contribution in [2.45, 2.75) is 6.92 Å². The Morgan fingerprint density at radius 3 is 2.79 bits per heavy atom. The molecule has 0 bridgehead atoms. The van der Waals surface area contributed by atoms with E-state index in [1.54, 1.807) is 6.92 Å². The molecule has 0 aliphatic heterocycles.